The molecular formula is C11H21NO4. The van der Waals surface area contributed by atoms with E-state index in [0.29, 0.717) is 13.0 Å². The quantitative estimate of drug-likeness (QED) is 0.654. The molecule has 0 rings (SSSR count). The van der Waals surface area contributed by atoms with Crippen molar-refractivity contribution in [1.82, 2.24) is 5.32 Å². The lowest BCUT2D eigenvalue weighted by Gasteiger charge is -2.17. The highest BCUT2D eigenvalue weighted by atomic mass is 16.5. The van der Waals surface area contributed by atoms with Gasteiger partial charge in [-0.1, -0.05) is 26.7 Å². The largest absolute Gasteiger partial charge is 0.480 e. The molecule has 1 amide bonds. The predicted octanol–water partition coefficient (Wildman–Crippen LogP) is 1.03. The third-order valence-corrected chi connectivity index (χ3v) is 2.33. The molecule has 16 heavy (non-hydrogen) atoms. The SMILES string of the molecule is CCCC[C@H](NC(=O)C(C)COC)C(=O)O. The van der Waals surface area contributed by atoms with E-state index in [0.717, 1.165) is 12.8 Å². The topological polar surface area (TPSA) is 75.6 Å². The molecule has 0 saturated heterocycles. The van der Waals surface area contributed by atoms with Gasteiger partial charge in [-0.25, -0.2) is 4.79 Å². The van der Waals surface area contributed by atoms with Crippen LogP contribution in [0.2, 0.25) is 0 Å². The number of hydrogen-bond acceptors (Lipinski definition) is 3. The van der Waals surface area contributed by atoms with Crippen LogP contribution in [0.3, 0.4) is 0 Å². The maximum Gasteiger partial charge on any atom is 0.326 e. The van der Waals surface area contributed by atoms with Crippen LogP contribution in [0.25, 0.3) is 0 Å². The van der Waals surface area contributed by atoms with Crippen molar-refractivity contribution in [2.45, 2.75) is 39.2 Å². The Morgan fingerprint density at radius 2 is 2.06 bits per heavy atom. The number of methoxy groups -OCH3 is 1. The zero-order chi connectivity index (χ0) is 12.6. The van der Waals surface area contributed by atoms with Crippen molar-refractivity contribution in [3.05, 3.63) is 0 Å². The molecule has 94 valence electrons. The van der Waals surface area contributed by atoms with E-state index in [2.05, 4.69) is 5.32 Å². The van der Waals surface area contributed by atoms with Gasteiger partial charge >= 0.3 is 5.97 Å². The molecule has 0 aromatic carbocycles. The molecule has 0 fully saturated rings. The van der Waals surface area contributed by atoms with E-state index in [1.54, 1.807) is 6.92 Å². The number of unbranched alkanes of at least 4 members (excludes halogenated alkanes) is 1. The zero-order valence-electron chi connectivity index (χ0n) is 10.2. The molecule has 5 heteroatoms. The highest BCUT2D eigenvalue weighted by Gasteiger charge is 2.22. The maximum atomic E-state index is 11.6. The smallest absolute Gasteiger partial charge is 0.326 e. The second-order valence-electron chi connectivity index (χ2n) is 3.90. The van der Waals surface area contributed by atoms with Crippen LogP contribution in [0.5, 0.6) is 0 Å². The monoisotopic (exact) mass is 231 g/mol. The summed E-state index contributed by atoms with van der Waals surface area (Å²) in [7, 11) is 1.51. The van der Waals surface area contributed by atoms with Gasteiger partial charge in [-0.05, 0) is 6.42 Å². The van der Waals surface area contributed by atoms with Crippen LogP contribution in [0.4, 0.5) is 0 Å². The fraction of sp³-hybridized carbons (Fsp3) is 0.818. The summed E-state index contributed by atoms with van der Waals surface area (Å²) in [6.45, 7) is 3.98. The molecule has 0 aliphatic heterocycles. The number of ether oxygens (including phenoxy) is 1. The Hall–Kier alpha value is -1.10. The Balaban J connectivity index is 4.17. The molecule has 0 bridgehead atoms. The molecule has 5 nitrogen and oxygen atoms in total. The van der Waals surface area contributed by atoms with Crippen LogP contribution in [0.1, 0.15) is 33.1 Å². The lowest BCUT2D eigenvalue weighted by Crippen LogP contribution is -2.43. The molecular weight excluding hydrogens is 210 g/mol. The first-order chi connectivity index (χ1) is 7.52. The number of carbonyl (C=O) groups is 2. The molecule has 0 aliphatic rings. The fourth-order valence-electron chi connectivity index (χ4n) is 1.31. The van der Waals surface area contributed by atoms with Crippen molar-refractivity contribution in [3.8, 4) is 0 Å². The van der Waals surface area contributed by atoms with E-state index in [4.69, 9.17) is 9.84 Å². The van der Waals surface area contributed by atoms with Gasteiger partial charge in [0.2, 0.25) is 5.91 Å². The molecule has 0 heterocycles. The van der Waals surface area contributed by atoms with Gasteiger partial charge in [0.1, 0.15) is 6.04 Å². The molecule has 0 spiro atoms. The molecule has 0 saturated carbocycles. The summed E-state index contributed by atoms with van der Waals surface area (Å²) in [5.41, 5.74) is 0. The summed E-state index contributed by atoms with van der Waals surface area (Å²) >= 11 is 0. The van der Waals surface area contributed by atoms with E-state index in [-0.39, 0.29) is 11.8 Å². The van der Waals surface area contributed by atoms with E-state index >= 15 is 0 Å². The summed E-state index contributed by atoms with van der Waals surface area (Å²) in [5, 5.41) is 11.4. The van der Waals surface area contributed by atoms with Crippen LogP contribution < -0.4 is 5.32 Å². The third-order valence-electron chi connectivity index (χ3n) is 2.33. The first-order valence-corrected chi connectivity index (χ1v) is 5.55. The number of carboxylic acids is 1. The average molecular weight is 231 g/mol. The first kappa shape index (κ1) is 14.9. The summed E-state index contributed by atoms with van der Waals surface area (Å²) in [5.74, 6) is -1.58. The van der Waals surface area contributed by atoms with Gasteiger partial charge in [0.05, 0.1) is 12.5 Å². The summed E-state index contributed by atoms with van der Waals surface area (Å²) in [6, 6.07) is -0.785. The minimum Gasteiger partial charge on any atom is -0.480 e. The number of carboxylic acid groups (broad SMARTS) is 1. The van der Waals surface area contributed by atoms with Crippen LogP contribution in [0.15, 0.2) is 0 Å². The van der Waals surface area contributed by atoms with Gasteiger partial charge in [0.25, 0.3) is 0 Å². The molecule has 0 aromatic heterocycles. The second-order valence-corrected chi connectivity index (χ2v) is 3.90. The van der Waals surface area contributed by atoms with Crippen molar-refractivity contribution < 1.29 is 19.4 Å². The Labute approximate surface area is 96.2 Å². The van der Waals surface area contributed by atoms with E-state index in [9.17, 15) is 9.59 Å². The van der Waals surface area contributed by atoms with Crippen LogP contribution in [-0.2, 0) is 14.3 Å². The summed E-state index contributed by atoms with van der Waals surface area (Å²) in [4.78, 5) is 22.4. The van der Waals surface area contributed by atoms with Crippen LogP contribution >= 0.6 is 0 Å². The molecule has 2 atom stereocenters. The maximum absolute atomic E-state index is 11.6. The highest BCUT2D eigenvalue weighted by Crippen LogP contribution is 2.03. The van der Waals surface area contributed by atoms with Gasteiger partial charge < -0.3 is 15.2 Å². The normalized spacial score (nSPS) is 14.2. The number of aliphatic carboxylic acids is 1. The van der Waals surface area contributed by atoms with Crippen molar-refractivity contribution in [2.24, 2.45) is 5.92 Å². The van der Waals surface area contributed by atoms with E-state index < -0.39 is 12.0 Å². The first-order valence-electron chi connectivity index (χ1n) is 5.55. The Morgan fingerprint density at radius 3 is 2.50 bits per heavy atom. The number of amides is 1. The summed E-state index contributed by atoms with van der Waals surface area (Å²) in [6.07, 6.45) is 2.17. The zero-order valence-corrected chi connectivity index (χ0v) is 10.2. The minimum atomic E-state index is -0.980. The summed E-state index contributed by atoms with van der Waals surface area (Å²) < 4.78 is 4.84. The van der Waals surface area contributed by atoms with E-state index in [1.165, 1.54) is 7.11 Å². The second kappa shape index (κ2) is 8.10. The minimum absolute atomic E-state index is 0.273. The Morgan fingerprint density at radius 1 is 1.44 bits per heavy atom. The van der Waals surface area contributed by atoms with Gasteiger partial charge in [-0.3, -0.25) is 4.79 Å². The van der Waals surface area contributed by atoms with Crippen molar-refractivity contribution in [2.75, 3.05) is 13.7 Å². The van der Waals surface area contributed by atoms with Crippen LogP contribution in [-0.4, -0.2) is 36.7 Å². The molecule has 2 N–H and O–H groups in total. The Bertz CT molecular complexity index is 230. The standard InChI is InChI=1S/C11H21NO4/c1-4-5-6-9(11(14)15)12-10(13)8(2)7-16-3/h8-9H,4-7H2,1-3H3,(H,12,13)(H,14,15)/t8?,9-/m0/s1. The number of hydrogen-bond donors (Lipinski definition) is 2. The van der Waals surface area contributed by atoms with Crippen LogP contribution in [0, 0.1) is 5.92 Å². The van der Waals surface area contributed by atoms with Gasteiger partial charge in [0.15, 0.2) is 0 Å². The van der Waals surface area contributed by atoms with Gasteiger partial charge in [-0.2, -0.15) is 0 Å². The Kier molecular flexibility index (Phi) is 7.54. The lowest BCUT2D eigenvalue weighted by molar-refractivity contribution is -0.142. The lowest BCUT2D eigenvalue weighted by atomic mass is 10.1. The van der Waals surface area contributed by atoms with Gasteiger partial charge in [-0.15, -0.1) is 0 Å². The number of nitrogens with one attached hydrogen (secondary N) is 1. The molecule has 1 unspecified atom stereocenters. The fourth-order valence-corrected chi connectivity index (χ4v) is 1.31. The molecule has 0 aliphatic carbocycles. The number of carbonyl (C=O) groups excluding carboxylic acids is 1. The molecule has 0 aromatic rings. The molecule has 0 radical (unpaired) electrons. The average Bonchev–Trinajstić information content (AvgIpc) is 2.23. The van der Waals surface area contributed by atoms with E-state index in [1.807, 2.05) is 6.92 Å². The van der Waals surface area contributed by atoms with Crippen molar-refractivity contribution in [3.63, 3.8) is 0 Å². The third kappa shape index (κ3) is 5.70. The van der Waals surface area contributed by atoms with Crippen molar-refractivity contribution in [1.29, 1.82) is 0 Å². The van der Waals surface area contributed by atoms with Crippen molar-refractivity contribution >= 4 is 11.9 Å². The van der Waals surface area contributed by atoms with Gasteiger partial charge in [0, 0.05) is 7.11 Å². The number of rotatable bonds is 8. The highest BCUT2D eigenvalue weighted by molar-refractivity contribution is 5.84. The predicted molar refractivity (Wildman–Crippen MR) is 60.1 cm³/mol.